The molecule has 3 aromatic carbocycles. The van der Waals surface area contributed by atoms with E-state index in [1.165, 1.54) is 24.0 Å². The number of ether oxygens (including phenoxy) is 4. The SMILES string of the molecule is COC(=O)N[C@H](C(=O)N1C[C@H](F)C[C@H]1c1ncc(-c2ccc3c(c2)OC(c2ccc4c(c2)OCCN4C)n2c-3c(Cl)c3cc(-c4cnc([C@@H]5C[C@@H](F)CN5C(=O)[C@@H](NC(=O)OC)C(C)C)[nH]4)ccc32)[nH]1)C(C)C. The van der Waals surface area contributed by atoms with E-state index in [-0.39, 0.29) is 37.8 Å². The highest BCUT2D eigenvalue weighted by Gasteiger charge is 2.44. The molecule has 6 aromatic rings. The second-order valence-corrected chi connectivity index (χ2v) is 20.1. The molecule has 18 nitrogen and oxygen atoms in total. The van der Waals surface area contributed by atoms with Gasteiger partial charge in [0.25, 0.3) is 0 Å². The van der Waals surface area contributed by atoms with Gasteiger partial charge in [-0.1, -0.05) is 57.5 Å². The van der Waals surface area contributed by atoms with Crippen LogP contribution in [-0.4, -0.2) is 130 Å². The van der Waals surface area contributed by atoms with Crippen LogP contribution < -0.4 is 25.0 Å². The predicted octanol–water partition coefficient (Wildman–Crippen LogP) is 8.49. The number of benzene rings is 3. The fraction of sp³-hybridized carbons (Fsp3) is 0.423. The Hall–Kier alpha value is -7.35. The van der Waals surface area contributed by atoms with Gasteiger partial charge < -0.3 is 54.2 Å². The number of fused-ring (bicyclic) bond motifs is 6. The lowest BCUT2D eigenvalue weighted by Crippen LogP contribution is -2.51. The minimum Gasteiger partial charge on any atom is -0.490 e. The summed E-state index contributed by atoms with van der Waals surface area (Å²) in [4.78, 5) is 73.0. The first-order chi connectivity index (χ1) is 35.0. The van der Waals surface area contributed by atoms with Crippen molar-refractivity contribution in [3.05, 3.63) is 89.2 Å². The van der Waals surface area contributed by atoms with Crippen molar-refractivity contribution in [3.8, 4) is 45.3 Å². The summed E-state index contributed by atoms with van der Waals surface area (Å²) in [5.41, 5.74) is 6.66. The van der Waals surface area contributed by atoms with E-state index in [2.05, 4.69) is 40.0 Å². The van der Waals surface area contributed by atoms with E-state index in [0.717, 1.165) is 45.6 Å². The number of likely N-dealkylation sites (N-methyl/N-ethyl adjacent to an activating group) is 1. The van der Waals surface area contributed by atoms with Crippen LogP contribution >= 0.6 is 11.6 Å². The number of hydrogen-bond acceptors (Lipinski definition) is 11. The largest absolute Gasteiger partial charge is 0.490 e. The van der Waals surface area contributed by atoms with Gasteiger partial charge in [-0.15, -0.1) is 0 Å². The fourth-order valence-corrected chi connectivity index (χ4v) is 10.8. The monoisotopic (exact) mass is 1020 g/mol. The standard InChI is InChI=1S/C52H57ClF2N10O8/c1-25(2)43(60-51(68)70-6)48(66)63-23-30(54)19-38(63)46-56-21-34(58-46)27-9-12-36-33(16-27)42(53)45-32-11-8-28(17-40(32)73-50(65(36)45)29-10-13-37-41(18-29)72-15-14-62(37)5)35-22-57-47(59-35)39-20-31(55)24-64(39)49(67)44(26(3)4)61-52(69)71-7/h8-13,16-18,21-22,25-26,30-31,38-39,43-44,50H,14-15,19-20,23-24H2,1-7H3,(H,56,58)(H,57,59)(H,60,68)(H,61,69)/t30-,31-,38+,39+,43+,44+,50?/m1/s1. The van der Waals surface area contributed by atoms with E-state index >= 15 is 8.78 Å². The minimum atomic E-state index is -1.30. The van der Waals surface area contributed by atoms with Crippen molar-refractivity contribution >= 4 is 52.2 Å². The topological polar surface area (TPSA) is 201 Å². The zero-order valence-corrected chi connectivity index (χ0v) is 42.1. The highest BCUT2D eigenvalue weighted by Crippen LogP contribution is 2.51. The Morgan fingerprint density at radius 3 is 1.89 bits per heavy atom. The van der Waals surface area contributed by atoms with Crippen LogP contribution in [0.4, 0.5) is 24.1 Å². The maximum atomic E-state index is 15.2. The molecule has 4 N–H and O–H groups in total. The number of aromatic amines is 2. The van der Waals surface area contributed by atoms with Crippen LogP contribution in [0.5, 0.6) is 11.5 Å². The Bertz CT molecular complexity index is 3120. The molecule has 384 valence electrons. The average Bonchev–Trinajstić information content (AvgIpc) is 4.25. The number of rotatable bonds is 11. The molecule has 7 atom stereocenters. The van der Waals surface area contributed by atoms with Gasteiger partial charge in [0.1, 0.15) is 54.2 Å². The number of anilines is 1. The van der Waals surface area contributed by atoms with Crippen LogP contribution in [0.1, 0.15) is 76.1 Å². The number of imidazole rings is 2. The van der Waals surface area contributed by atoms with Crippen molar-refractivity contribution in [2.24, 2.45) is 11.8 Å². The van der Waals surface area contributed by atoms with Gasteiger partial charge in [0.15, 0.2) is 0 Å². The number of alkyl carbamates (subject to hydrolysis) is 2. The molecule has 0 aliphatic carbocycles. The number of likely N-dealkylation sites (tertiary alicyclic amines) is 2. The zero-order valence-electron chi connectivity index (χ0n) is 41.4. The summed E-state index contributed by atoms with van der Waals surface area (Å²) in [7, 11) is 4.46. The molecular weight excluding hydrogens is 966 g/mol. The molecule has 73 heavy (non-hydrogen) atoms. The third kappa shape index (κ3) is 9.03. The Balaban J connectivity index is 0.997. The molecule has 7 heterocycles. The lowest BCUT2D eigenvalue weighted by Gasteiger charge is -2.32. The molecule has 0 spiro atoms. The molecule has 2 fully saturated rings. The molecule has 0 bridgehead atoms. The van der Waals surface area contributed by atoms with Gasteiger partial charge in [0, 0.05) is 47.5 Å². The fourth-order valence-electron chi connectivity index (χ4n) is 10.5. The Labute approximate surface area is 424 Å². The van der Waals surface area contributed by atoms with Crippen LogP contribution in [0.3, 0.4) is 0 Å². The third-order valence-corrected chi connectivity index (χ3v) is 14.7. The molecule has 4 aliphatic heterocycles. The van der Waals surface area contributed by atoms with Crippen molar-refractivity contribution in [2.45, 2.75) is 83.3 Å². The predicted molar refractivity (Wildman–Crippen MR) is 268 cm³/mol. The minimum absolute atomic E-state index is 0.0273. The van der Waals surface area contributed by atoms with E-state index in [4.69, 9.17) is 30.5 Å². The number of methoxy groups -OCH3 is 2. The first-order valence-electron chi connectivity index (χ1n) is 24.3. The van der Waals surface area contributed by atoms with Gasteiger partial charge in [-0.25, -0.2) is 28.3 Å². The molecule has 3 aromatic heterocycles. The lowest BCUT2D eigenvalue weighted by atomic mass is 10.0. The van der Waals surface area contributed by atoms with Gasteiger partial charge in [-0.3, -0.25) is 14.2 Å². The third-order valence-electron chi connectivity index (χ3n) is 14.3. The zero-order chi connectivity index (χ0) is 51.6. The number of H-pyrrole nitrogens is 2. The summed E-state index contributed by atoms with van der Waals surface area (Å²) in [5.74, 6) is 0.603. The molecule has 4 amide bonds. The second kappa shape index (κ2) is 19.6. The number of nitrogens with zero attached hydrogens (tertiary/aromatic N) is 6. The van der Waals surface area contributed by atoms with Gasteiger partial charge in [0.2, 0.25) is 18.0 Å². The van der Waals surface area contributed by atoms with Gasteiger partial charge >= 0.3 is 12.2 Å². The van der Waals surface area contributed by atoms with Crippen molar-refractivity contribution in [1.82, 2.24) is 44.9 Å². The first kappa shape index (κ1) is 49.2. The van der Waals surface area contributed by atoms with E-state index in [1.807, 2.05) is 61.6 Å². The molecule has 21 heteroatoms. The molecular formula is C52H57ClF2N10O8. The van der Waals surface area contributed by atoms with Crippen molar-refractivity contribution in [3.63, 3.8) is 0 Å². The van der Waals surface area contributed by atoms with Gasteiger partial charge in [-0.05, 0) is 48.2 Å². The van der Waals surface area contributed by atoms with Crippen LogP contribution in [0.15, 0.2) is 67.0 Å². The van der Waals surface area contributed by atoms with Crippen molar-refractivity contribution in [2.75, 3.05) is 52.4 Å². The summed E-state index contributed by atoms with van der Waals surface area (Å²) in [6, 6.07) is 14.3. The number of halogens is 3. The highest BCUT2D eigenvalue weighted by atomic mass is 35.5. The van der Waals surface area contributed by atoms with Crippen LogP contribution in [0.25, 0.3) is 44.7 Å². The number of hydrogen-bond donors (Lipinski definition) is 4. The summed E-state index contributed by atoms with van der Waals surface area (Å²) < 4.78 is 55.1. The van der Waals surface area contributed by atoms with E-state index < -0.39 is 66.7 Å². The summed E-state index contributed by atoms with van der Waals surface area (Å²) in [6.07, 6.45) is -1.46. The second-order valence-electron chi connectivity index (χ2n) is 19.7. The quantitative estimate of drug-likeness (QED) is 0.0970. The van der Waals surface area contributed by atoms with Crippen LogP contribution in [-0.2, 0) is 19.1 Å². The van der Waals surface area contributed by atoms with E-state index in [1.54, 1.807) is 40.1 Å². The summed E-state index contributed by atoms with van der Waals surface area (Å²) >= 11 is 7.52. The smallest absolute Gasteiger partial charge is 0.407 e. The number of carbonyl (C=O) groups is 4. The normalized spacial score (nSPS) is 21.0. The maximum Gasteiger partial charge on any atom is 0.407 e. The first-order valence-corrected chi connectivity index (χ1v) is 24.7. The van der Waals surface area contributed by atoms with Crippen LogP contribution in [0, 0.1) is 11.8 Å². The van der Waals surface area contributed by atoms with E-state index in [9.17, 15) is 19.2 Å². The molecule has 0 radical (unpaired) electrons. The van der Waals surface area contributed by atoms with E-state index in [0.29, 0.717) is 51.7 Å². The summed E-state index contributed by atoms with van der Waals surface area (Å²) in [5, 5.41) is 6.39. The molecule has 10 rings (SSSR count). The highest BCUT2D eigenvalue weighted by molar-refractivity contribution is 6.38. The number of alkyl halides is 2. The van der Waals surface area contributed by atoms with Gasteiger partial charge in [0.05, 0.1) is 91.6 Å². The average molecular weight is 1020 g/mol. The number of carbonyl (C=O) groups excluding carboxylic acids is 4. The Morgan fingerprint density at radius 1 is 0.767 bits per heavy atom. The molecule has 0 saturated carbocycles. The van der Waals surface area contributed by atoms with Gasteiger partial charge in [-0.2, -0.15) is 0 Å². The number of aromatic nitrogens is 5. The Kier molecular flexibility index (Phi) is 13.2. The van der Waals surface area contributed by atoms with Crippen molar-refractivity contribution in [1.29, 1.82) is 0 Å². The van der Waals surface area contributed by atoms with Crippen LogP contribution in [0.2, 0.25) is 5.02 Å². The lowest BCUT2D eigenvalue weighted by molar-refractivity contribution is -0.136. The summed E-state index contributed by atoms with van der Waals surface area (Å²) in [6.45, 7) is 8.15. The maximum absolute atomic E-state index is 15.2. The molecule has 4 aliphatic rings. The Morgan fingerprint density at radius 2 is 1.33 bits per heavy atom. The number of amides is 4. The molecule has 2 saturated heterocycles. The number of nitrogens with one attached hydrogen (secondary N) is 4. The van der Waals surface area contributed by atoms with Crippen molar-refractivity contribution < 1.29 is 46.9 Å². The molecule has 1 unspecified atom stereocenters.